The maximum absolute atomic E-state index is 11.8. The van der Waals surface area contributed by atoms with Crippen molar-refractivity contribution in [2.45, 2.75) is 0 Å². The highest BCUT2D eigenvalue weighted by molar-refractivity contribution is 6.41. The van der Waals surface area contributed by atoms with Gasteiger partial charge >= 0.3 is 0 Å². The van der Waals surface area contributed by atoms with E-state index in [0.717, 1.165) is 15.9 Å². The molecule has 0 atom stereocenters. The predicted molar refractivity (Wildman–Crippen MR) is 84.5 cm³/mol. The van der Waals surface area contributed by atoms with Gasteiger partial charge in [0.25, 0.3) is 5.56 Å². The molecule has 1 aromatic carbocycles. The normalized spacial score (nSPS) is 11.0. The van der Waals surface area contributed by atoms with Crippen molar-refractivity contribution in [2.24, 2.45) is 0 Å². The van der Waals surface area contributed by atoms with Crippen molar-refractivity contribution in [3.8, 4) is 0 Å². The lowest BCUT2D eigenvalue weighted by molar-refractivity contribution is 0.855. The average molecular weight is 310 g/mol. The van der Waals surface area contributed by atoms with Gasteiger partial charge in [0.1, 0.15) is 5.02 Å². The van der Waals surface area contributed by atoms with E-state index in [0.29, 0.717) is 0 Å². The number of rotatable bonds is 3. The fraction of sp³-hybridized carbons (Fsp3) is 0.143. The van der Waals surface area contributed by atoms with E-state index in [2.05, 4.69) is 5.10 Å². The molecule has 6 heteroatoms. The average Bonchev–Trinajstić information content (AvgIpc) is 2.44. The second-order valence-electron chi connectivity index (χ2n) is 4.36. The molecule has 0 fully saturated rings. The molecule has 0 amide bonds. The maximum atomic E-state index is 11.8. The number of anilines is 1. The first-order valence-corrected chi connectivity index (χ1v) is 6.63. The summed E-state index contributed by atoms with van der Waals surface area (Å²) in [7, 11) is 3.95. The molecule has 0 N–H and O–H groups in total. The third-order valence-corrected chi connectivity index (χ3v) is 3.47. The van der Waals surface area contributed by atoms with E-state index in [9.17, 15) is 4.79 Å². The largest absolute Gasteiger partial charge is 0.378 e. The molecular weight excluding hydrogens is 297 g/mol. The Balaban J connectivity index is 2.26. The second kappa shape index (κ2) is 6.11. The molecule has 2 rings (SSSR count). The van der Waals surface area contributed by atoms with Crippen LogP contribution >= 0.6 is 23.2 Å². The lowest BCUT2D eigenvalue weighted by Gasteiger charge is -2.11. The molecule has 4 nitrogen and oxygen atoms in total. The van der Waals surface area contributed by atoms with Crippen LogP contribution in [0.15, 0.2) is 35.3 Å². The van der Waals surface area contributed by atoms with E-state index < -0.39 is 5.56 Å². The quantitative estimate of drug-likeness (QED) is 0.873. The molecule has 0 aliphatic heterocycles. The first-order chi connectivity index (χ1) is 9.49. The Morgan fingerprint density at radius 1 is 1.20 bits per heavy atom. The Bertz CT molecular complexity index is 691. The van der Waals surface area contributed by atoms with Crippen LogP contribution in [-0.4, -0.2) is 23.9 Å². The summed E-state index contributed by atoms with van der Waals surface area (Å²) in [6.07, 6.45) is 4.66. The Labute approximate surface area is 126 Å². The third-order valence-electron chi connectivity index (χ3n) is 2.72. The highest BCUT2D eigenvalue weighted by atomic mass is 35.5. The van der Waals surface area contributed by atoms with Gasteiger partial charge in [-0.05, 0) is 23.8 Å². The predicted octanol–water partition coefficient (Wildman–Crippen LogP) is 3.24. The number of hydrogen-bond acceptors (Lipinski definition) is 3. The van der Waals surface area contributed by atoms with Gasteiger partial charge in [-0.25, -0.2) is 4.68 Å². The Hall–Kier alpha value is -1.78. The summed E-state index contributed by atoms with van der Waals surface area (Å²) < 4.78 is 1.15. The van der Waals surface area contributed by atoms with Crippen LogP contribution in [0.3, 0.4) is 0 Å². The highest BCUT2D eigenvalue weighted by Gasteiger charge is 2.04. The van der Waals surface area contributed by atoms with Crippen LogP contribution in [0, 0.1) is 0 Å². The monoisotopic (exact) mass is 309 g/mol. The van der Waals surface area contributed by atoms with Crippen molar-refractivity contribution in [1.82, 2.24) is 9.78 Å². The summed E-state index contributed by atoms with van der Waals surface area (Å²) in [6.45, 7) is 0. The summed E-state index contributed by atoms with van der Waals surface area (Å²) in [4.78, 5) is 13.8. The topological polar surface area (TPSA) is 38.1 Å². The number of nitrogens with zero attached hydrogens (tertiary/aromatic N) is 3. The van der Waals surface area contributed by atoms with Gasteiger partial charge in [-0.1, -0.05) is 35.3 Å². The lowest BCUT2D eigenvalue weighted by Crippen LogP contribution is -2.18. The van der Waals surface area contributed by atoms with Gasteiger partial charge in [0.05, 0.1) is 11.2 Å². The molecule has 2 aromatic rings. The zero-order valence-electron chi connectivity index (χ0n) is 11.0. The number of benzene rings is 1. The van der Waals surface area contributed by atoms with Crippen LogP contribution in [0.1, 0.15) is 5.56 Å². The Morgan fingerprint density at radius 2 is 1.85 bits per heavy atom. The first kappa shape index (κ1) is 14.6. The molecule has 0 aliphatic carbocycles. The van der Waals surface area contributed by atoms with Gasteiger partial charge in [-0.3, -0.25) is 4.79 Å². The molecule has 0 aliphatic rings. The SMILES string of the molecule is CN(C)c1ccc(/C=C/n2ncc(Cl)c(Cl)c2=O)cc1. The Morgan fingerprint density at radius 3 is 2.45 bits per heavy atom. The van der Waals surface area contributed by atoms with Crippen molar-refractivity contribution in [3.63, 3.8) is 0 Å². The van der Waals surface area contributed by atoms with E-state index >= 15 is 0 Å². The molecule has 20 heavy (non-hydrogen) atoms. The molecule has 0 bridgehead atoms. The van der Waals surface area contributed by atoms with Crippen molar-refractivity contribution >= 4 is 41.2 Å². The fourth-order valence-corrected chi connectivity index (χ4v) is 1.83. The van der Waals surface area contributed by atoms with Crippen LogP contribution in [0.4, 0.5) is 5.69 Å². The maximum Gasteiger partial charge on any atom is 0.291 e. The minimum Gasteiger partial charge on any atom is -0.378 e. The molecule has 0 spiro atoms. The minimum absolute atomic E-state index is 0.0331. The van der Waals surface area contributed by atoms with Crippen LogP contribution in [0.2, 0.25) is 10.0 Å². The zero-order chi connectivity index (χ0) is 14.7. The molecule has 0 saturated heterocycles. The molecule has 0 radical (unpaired) electrons. The number of halogens is 2. The Kier molecular flexibility index (Phi) is 4.47. The van der Waals surface area contributed by atoms with Crippen LogP contribution in [0.25, 0.3) is 12.3 Å². The van der Waals surface area contributed by atoms with Crippen LogP contribution in [-0.2, 0) is 0 Å². The van der Waals surface area contributed by atoms with Gasteiger partial charge < -0.3 is 4.90 Å². The standard InChI is InChI=1S/C14H13Cl2N3O/c1-18(2)11-5-3-10(4-6-11)7-8-19-14(20)13(16)12(15)9-17-19/h3-9H,1-2H3/b8-7+. The van der Waals surface area contributed by atoms with Gasteiger partial charge in [-0.15, -0.1) is 0 Å². The minimum atomic E-state index is -0.444. The molecule has 0 saturated carbocycles. The fourth-order valence-electron chi connectivity index (χ4n) is 1.57. The zero-order valence-corrected chi connectivity index (χ0v) is 12.6. The smallest absolute Gasteiger partial charge is 0.291 e. The van der Waals surface area contributed by atoms with Gasteiger partial charge in [0.2, 0.25) is 0 Å². The van der Waals surface area contributed by atoms with E-state index in [-0.39, 0.29) is 10.0 Å². The van der Waals surface area contributed by atoms with E-state index in [1.54, 1.807) is 12.3 Å². The molecule has 1 aromatic heterocycles. The summed E-state index contributed by atoms with van der Waals surface area (Å²) in [5, 5.41) is 4.01. The summed E-state index contributed by atoms with van der Waals surface area (Å²) in [5.41, 5.74) is 1.61. The van der Waals surface area contributed by atoms with Crippen molar-refractivity contribution in [1.29, 1.82) is 0 Å². The summed E-state index contributed by atoms with van der Waals surface area (Å²) >= 11 is 11.5. The summed E-state index contributed by atoms with van der Waals surface area (Å²) in [5.74, 6) is 0. The lowest BCUT2D eigenvalue weighted by atomic mass is 10.2. The van der Waals surface area contributed by atoms with E-state index in [4.69, 9.17) is 23.2 Å². The van der Waals surface area contributed by atoms with Crippen LogP contribution < -0.4 is 10.5 Å². The van der Waals surface area contributed by atoms with Crippen LogP contribution in [0.5, 0.6) is 0 Å². The highest BCUT2D eigenvalue weighted by Crippen LogP contribution is 2.15. The van der Waals surface area contributed by atoms with Crippen molar-refractivity contribution in [3.05, 3.63) is 56.4 Å². The van der Waals surface area contributed by atoms with Gasteiger partial charge in [-0.2, -0.15) is 5.10 Å². The van der Waals surface area contributed by atoms with E-state index in [1.165, 1.54) is 6.20 Å². The van der Waals surface area contributed by atoms with Crippen molar-refractivity contribution < 1.29 is 0 Å². The second-order valence-corrected chi connectivity index (χ2v) is 5.14. The number of hydrogen-bond donors (Lipinski definition) is 0. The molecule has 1 heterocycles. The number of aromatic nitrogens is 2. The third kappa shape index (κ3) is 3.21. The summed E-state index contributed by atoms with van der Waals surface area (Å²) in [6, 6.07) is 7.89. The van der Waals surface area contributed by atoms with Gasteiger partial charge in [0.15, 0.2) is 0 Å². The molecular formula is C14H13Cl2N3O. The first-order valence-electron chi connectivity index (χ1n) is 5.87. The van der Waals surface area contributed by atoms with E-state index in [1.807, 2.05) is 43.3 Å². The van der Waals surface area contributed by atoms with Gasteiger partial charge in [0, 0.05) is 26.0 Å². The molecule has 0 unspecified atom stereocenters. The van der Waals surface area contributed by atoms with Crippen molar-refractivity contribution in [2.75, 3.05) is 19.0 Å². The molecule has 104 valence electrons.